The van der Waals surface area contributed by atoms with Crippen LogP contribution in [0.1, 0.15) is 21.6 Å². The fourth-order valence-electron chi connectivity index (χ4n) is 1.36. The molecule has 0 saturated carbocycles. The van der Waals surface area contributed by atoms with Crippen LogP contribution >= 0.6 is 11.3 Å². The lowest BCUT2D eigenvalue weighted by molar-refractivity contribution is 0.102. The molecule has 0 aliphatic heterocycles. The third-order valence-electron chi connectivity index (χ3n) is 1.99. The molecule has 0 fully saturated rings. The van der Waals surface area contributed by atoms with Gasteiger partial charge in [-0.1, -0.05) is 0 Å². The first-order valence-corrected chi connectivity index (χ1v) is 5.39. The van der Waals surface area contributed by atoms with Gasteiger partial charge in [-0.05, 0) is 19.1 Å². The molecule has 2 heterocycles. The van der Waals surface area contributed by atoms with Crippen molar-refractivity contribution in [2.45, 2.75) is 13.8 Å². The van der Waals surface area contributed by atoms with Crippen molar-refractivity contribution in [3.8, 4) is 11.3 Å². The van der Waals surface area contributed by atoms with Crippen molar-refractivity contribution < 1.29 is 4.79 Å². The minimum Gasteiger partial charge on any atom is -0.294 e. The number of ketones is 1. The summed E-state index contributed by atoms with van der Waals surface area (Å²) in [6.45, 7) is 3.46. The van der Waals surface area contributed by atoms with Gasteiger partial charge in [0.2, 0.25) is 0 Å². The number of thiazole rings is 1. The van der Waals surface area contributed by atoms with Crippen LogP contribution in [-0.4, -0.2) is 15.8 Å². The van der Waals surface area contributed by atoms with E-state index in [1.807, 2.05) is 19.1 Å². The number of aryl methyl sites for hydroxylation is 1. The van der Waals surface area contributed by atoms with Gasteiger partial charge in [-0.25, -0.2) is 4.98 Å². The van der Waals surface area contributed by atoms with Crippen LogP contribution in [0.25, 0.3) is 11.3 Å². The molecule has 0 aliphatic rings. The smallest absolute Gasteiger partial charge is 0.172 e. The predicted molar refractivity (Wildman–Crippen MR) is 60.1 cm³/mol. The summed E-state index contributed by atoms with van der Waals surface area (Å²) in [5, 5.41) is 0.902. The van der Waals surface area contributed by atoms with Crippen LogP contribution in [0.3, 0.4) is 0 Å². The molecule has 0 N–H and O–H groups in total. The molecule has 3 nitrogen and oxygen atoms in total. The van der Waals surface area contributed by atoms with Gasteiger partial charge < -0.3 is 0 Å². The van der Waals surface area contributed by atoms with E-state index >= 15 is 0 Å². The van der Waals surface area contributed by atoms with Crippen LogP contribution in [0.5, 0.6) is 0 Å². The SMILES string of the molecule is CC(=O)c1sc(C)nc1-c1cccnc1. The number of aromatic nitrogens is 2. The second-order valence-corrected chi connectivity index (χ2v) is 4.41. The molecule has 4 heteroatoms. The van der Waals surface area contributed by atoms with Crippen molar-refractivity contribution in [1.82, 2.24) is 9.97 Å². The van der Waals surface area contributed by atoms with E-state index in [1.54, 1.807) is 19.3 Å². The molecule has 0 atom stereocenters. The fraction of sp³-hybridized carbons (Fsp3) is 0.182. The molecule has 0 amide bonds. The Balaban J connectivity index is 2.58. The van der Waals surface area contributed by atoms with Crippen LogP contribution in [0, 0.1) is 6.92 Å². The van der Waals surface area contributed by atoms with E-state index in [1.165, 1.54) is 11.3 Å². The Morgan fingerprint density at radius 2 is 2.27 bits per heavy atom. The average molecular weight is 218 g/mol. The van der Waals surface area contributed by atoms with Crippen molar-refractivity contribution in [2.24, 2.45) is 0 Å². The van der Waals surface area contributed by atoms with Gasteiger partial charge in [0.1, 0.15) is 0 Å². The number of pyridine rings is 1. The van der Waals surface area contributed by atoms with Gasteiger partial charge in [-0.2, -0.15) is 0 Å². The highest BCUT2D eigenvalue weighted by molar-refractivity contribution is 7.14. The summed E-state index contributed by atoms with van der Waals surface area (Å²) < 4.78 is 0. The standard InChI is InChI=1S/C11H10N2OS/c1-7(14)11-10(13-8(2)15-11)9-4-3-5-12-6-9/h3-6H,1-2H3. The lowest BCUT2D eigenvalue weighted by Gasteiger charge is -1.97. The molecule has 0 aromatic carbocycles. The number of Topliss-reactive ketones (excluding diaryl/α,β-unsaturated/α-hetero) is 1. The number of rotatable bonds is 2. The minimum atomic E-state index is 0.0550. The number of carbonyl (C=O) groups excluding carboxylic acids is 1. The summed E-state index contributed by atoms with van der Waals surface area (Å²) in [5.41, 5.74) is 1.64. The fourth-order valence-corrected chi connectivity index (χ4v) is 2.20. The molecule has 2 rings (SSSR count). The van der Waals surface area contributed by atoms with E-state index < -0.39 is 0 Å². The zero-order valence-electron chi connectivity index (χ0n) is 8.52. The Bertz CT molecular complexity index is 491. The van der Waals surface area contributed by atoms with Gasteiger partial charge in [-0.15, -0.1) is 11.3 Å². The molecule has 0 radical (unpaired) electrons. The number of hydrogen-bond acceptors (Lipinski definition) is 4. The average Bonchev–Trinajstić information content (AvgIpc) is 2.62. The first-order valence-electron chi connectivity index (χ1n) is 4.57. The summed E-state index contributed by atoms with van der Waals surface area (Å²) in [6, 6.07) is 3.75. The van der Waals surface area contributed by atoms with E-state index in [9.17, 15) is 4.79 Å². The van der Waals surface area contributed by atoms with Gasteiger partial charge in [0.15, 0.2) is 5.78 Å². The van der Waals surface area contributed by atoms with E-state index in [-0.39, 0.29) is 5.78 Å². The van der Waals surface area contributed by atoms with E-state index in [2.05, 4.69) is 9.97 Å². The van der Waals surface area contributed by atoms with Gasteiger partial charge >= 0.3 is 0 Å². The molecular weight excluding hydrogens is 208 g/mol. The predicted octanol–water partition coefficient (Wildman–Crippen LogP) is 2.72. The van der Waals surface area contributed by atoms with E-state index in [4.69, 9.17) is 0 Å². The lowest BCUT2D eigenvalue weighted by Crippen LogP contribution is -1.91. The third kappa shape index (κ3) is 1.94. The Morgan fingerprint density at radius 3 is 2.87 bits per heavy atom. The van der Waals surface area contributed by atoms with Crippen molar-refractivity contribution in [3.63, 3.8) is 0 Å². The van der Waals surface area contributed by atoms with Crippen LogP contribution in [0.15, 0.2) is 24.5 Å². The zero-order valence-corrected chi connectivity index (χ0v) is 9.34. The maximum Gasteiger partial charge on any atom is 0.172 e. The minimum absolute atomic E-state index is 0.0550. The molecular formula is C11H10N2OS. The maximum absolute atomic E-state index is 11.4. The number of nitrogens with zero attached hydrogens (tertiary/aromatic N) is 2. The van der Waals surface area contributed by atoms with Gasteiger partial charge in [0, 0.05) is 24.9 Å². The third-order valence-corrected chi connectivity index (χ3v) is 3.06. The van der Waals surface area contributed by atoms with Crippen LogP contribution < -0.4 is 0 Å². The molecule has 0 unspecified atom stereocenters. The molecule has 76 valence electrons. The van der Waals surface area contributed by atoms with Crippen LogP contribution in [-0.2, 0) is 0 Å². The Morgan fingerprint density at radius 1 is 1.47 bits per heavy atom. The highest BCUT2D eigenvalue weighted by atomic mass is 32.1. The highest BCUT2D eigenvalue weighted by Crippen LogP contribution is 2.27. The summed E-state index contributed by atoms with van der Waals surface area (Å²) >= 11 is 1.43. The van der Waals surface area contributed by atoms with Gasteiger partial charge in [0.05, 0.1) is 15.6 Å². The molecule has 0 spiro atoms. The Hall–Kier alpha value is -1.55. The first kappa shape index (κ1) is 9.98. The van der Waals surface area contributed by atoms with Crippen molar-refractivity contribution in [2.75, 3.05) is 0 Å². The highest BCUT2D eigenvalue weighted by Gasteiger charge is 2.14. The molecule has 0 aliphatic carbocycles. The first-order chi connectivity index (χ1) is 7.18. The Kier molecular flexibility index (Phi) is 2.60. The monoisotopic (exact) mass is 218 g/mol. The molecule has 0 saturated heterocycles. The molecule has 2 aromatic rings. The van der Waals surface area contributed by atoms with Gasteiger partial charge in [0.25, 0.3) is 0 Å². The summed E-state index contributed by atoms with van der Waals surface area (Å²) in [7, 11) is 0. The second-order valence-electron chi connectivity index (χ2n) is 3.21. The van der Waals surface area contributed by atoms with Crippen molar-refractivity contribution in [3.05, 3.63) is 34.4 Å². The summed E-state index contributed by atoms with van der Waals surface area (Å²) in [5.74, 6) is 0.0550. The largest absolute Gasteiger partial charge is 0.294 e. The number of carbonyl (C=O) groups is 1. The topological polar surface area (TPSA) is 42.9 Å². The van der Waals surface area contributed by atoms with Crippen molar-refractivity contribution in [1.29, 1.82) is 0 Å². The molecule has 15 heavy (non-hydrogen) atoms. The summed E-state index contributed by atoms with van der Waals surface area (Å²) in [4.78, 5) is 20.5. The molecule has 2 aromatic heterocycles. The Labute approximate surface area is 91.8 Å². The lowest BCUT2D eigenvalue weighted by atomic mass is 10.1. The van der Waals surface area contributed by atoms with Crippen molar-refractivity contribution >= 4 is 17.1 Å². The summed E-state index contributed by atoms with van der Waals surface area (Å²) in [6.07, 6.45) is 3.43. The van der Waals surface area contributed by atoms with E-state index in [0.29, 0.717) is 4.88 Å². The van der Waals surface area contributed by atoms with Gasteiger partial charge in [-0.3, -0.25) is 9.78 Å². The second kappa shape index (κ2) is 3.90. The normalized spacial score (nSPS) is 10.3. The van der Waals surface area contributed by atoms with E-state index in [0.717, 1.165) is 16.3 Å². The quantitative estimate of drug-likeness (QED) is 0.728. The molecule has 0 bridgehead atoms. The van der Waals surface area contributed by atoms with Crippen LogP contribution in [0.2, 0.25) is 0 Å². The number of hydrogen-bond donors (Lipinski definition) is 0. The zero-order chi connectivity index (χ0) is 10.8. The maximum atomic E-state index is 11.4. The van der Waals surface area contributed by atoms with Crippen LogP contribution in [0.4, 0.5) is 0 Å².